The molecule has 0 aromatic heterocycles. The van der Waals surface area contributed by atoms with Gasteiger partial charge in [-0.1, -0.05) is 19.3 Å². The van der Waals surface area contributed by atoms with Gasteiger partial charge in [0.05, 0.1) is 4.87 Å². The predicted molar refractivity (Wildman–Crippen MR) is 95.2 cm³/mol. The van der Waals surface area contributed by atoms with Gasteiger partial charge in [-0.2, -0.15) is 0 Å². The Bertz CT molecular complexity index is 607. The van der Waals surface area contributed by atoms with Crippen molar-refractivity contribution in [1.82, 2.24) is 15.5 Å². The van der Waals surface area contributed by atoms with E-state index in [1.807, 2.05) is 6.92 Å². The van der Waals surface area contributed by atoms with Crippen LogP contribution in [0, 0.1) is 0 Å². The molecule has 2 heterocycles. The number of nitrogens with one attached hydrogen (secondary N) is 2. The zero-order chi connectivity index (χ0) is 18.7. The molecule has 26 heavy (non-hydrogen) atoms. The maximum Gasteiger partial charge on any atom is 0.330 e. The first-order chi connectivity index (χ1) is 12.4. The van der Waals surface area contributed by atoms with E-state index in [0.717, 1.165) is 25.7 Å². The number of rotatable bonds is 4. The lowest BCUT2D eigenvalue weighted by atomic mass is 9.96. The molecule has 1 saturated carbocycles. The smallest absolute Gasteiger partial charge is 0.330 e. The second kappa shape index (κ2) is 7.85. The van der Waals surface area contributed by atoms with Crippen LogP contribution < -0.4 is 10.6 Å². The molecule has 4 amide bonds. The molecule has 0 aromatic carbocycles. The molecule has 0 aromatic rings. The number of amides is 4. The third-order valence-electron chi connectivity index (χ3n) is 5.26. The summed E-state index contributed by atoms with van der Waals surface area (Å²) in [6.07, 6.45) is 6.29. The Morgan fingerprint density at radius 3 is 2.73 bits per heavy atom. The number of urea groups is 1. The molecule has 2 saturated heterocycles. The topological polar surface area (TPSA) is 105 Å². The van der Waals surface area contributed by atoms with Crippen LogP contribution in [0.2, 0.25) is 0 Å². The number of hydrogen-bond acceptors (Lipinski definition) is 6. The fraction of sp³-hybridized carbons (Fsp3) is 0.765. The minimum Gasteiger partial charge on any atom is -0.454 e. The number of nitrogens with zero attached hydrogens (tertiary/aromatic N) is 1. The lowest BCUT2D eigenvalue weighted by Crippen LogP contribution is -2.48. The molecule has 0 spiro atoms. The van der Waals surface area contributed by atoms with E-state index < -0.39 is 30.6 Å². The first-order valence-corrected chi connectivity index (χ1v) is 10.1. The van der Waals surface area contributed by atoms with E-state index in [0.29, 0.717) is 18.6 Å². The molecule has 2 aliphatic heterocycles. The van der Waals surface area contributed by atoms with Crippen molar-refractivity contribution in [2.45, 2.75) is 68.8 Å². The summed E-state index contributed by atoms with van der Waals surface area (Å²) in [5.41, 5.74) is 0. The van der Waals surface area contributed by atoms with Crippen LogP contribution in [0.15, 0.2) is 0 Å². The molecule has 3 rings (SSSR count). The molecule has 0 unspecified atom stereocenters. The molecule has 2 atom stereocenters. The first kappa shape index (κ1) is 19.0. The van der Waals surface area contributed by atoms with Crippen molar-refractivity contribution in [3.8, 4) is 0 Å². The Morgan fingerprint density at radius 2 is 2.00 bits per heavy atom. The molecular formula is C17H25N3O5S. The second-order valence-electron chi connectivity index (χ2n) is 7.23. The van der Waals surface area contributed by atoms with Crippen molar-refractivity contribution in [2.75, 3.05) is 12.4 Å². The van der Waals surface area contributed by atoms with Gasteiger partial charge in [0.1, 0.15) is 6.04 Å². The SMILES string of the molecule is C[C@@]12CCC(=O)N1[C@@H](C(=O)OCC(=O)NC(=O)NC1CCCCC1)CS2. The summed E-state index contributed by atoms with van der Waals surface area (Å²) in [6, 6.07) is -1.13. The lowest BCUT2D eigenvalue weighted by molar-refractivity contribution is -0.156. The Balaban J connectivity index is 1.42. The van der Waals surface area contributed by atoms with Gasteiger partial charge in [0.2, 0.25) is 5.91 Å². The molecule has 0 radical (unpaired) electrons. The standard InChI is InChI=1S/C17H25N3O5S/c1-17-8-7-14(22)20(17)12(10-26-17)15(23)25-9-13(21)19-16(24)18-11-5-3-2-4-6-11/h11-12H,2-10H2,1H3,(H2,18,19,21,24)/t12-,17-/m1/s1. The van der Waals surface area contributed by atoms with Gasteiger partial charge >= 0.3 is 12.0 Å². The molecule has 0 bridgehead atoms. The quantitative estimate of drug-likeness (QED) is 0.706. The molecule has 3 aliphatic rings. The highest BCUT2D eigenvalue weighted by Crippen LogP contribution is 2.47. The maximum absolute atomic E-state index is 12.3. The largest absolute Gasteiger partial charge is 0.454 e. The Kier molecular flexibility index (Phi) is 5.74. The van der Waals surface area contributed by atoms with Crippen LogP contribution in [-0.4, -0.2) is 58.0 Å². The lowest BCUT2D eigenvalue weighted by Gasteiger charge is -2.29. The van der Waals surface area contributed by atoms with Gasteiger partial charge < -0.3 is 15.0 Å². The van der Waals surface area contributed by atoms with E-state index in [9.17, 15) is 19.2 Å². The number of hydrogen-bond donors (Lipinski definition) is 2. The van der Waals surface area contributed by atoms with Crippen LogP contribution in [-0.2, 0) is 19.1 Å². The van der Waals surface area contributed by atoms with Crippen LogP contribution in [0.3, 0.4) is 0 Å². The summed E-state index contributed by atoms with van der Waals surface area (Å²) >= 11 is 1.56. The molecule has 144 valence electrons. The monoisotopic (exact) mass is 383 g/mol. The molecule has 9 heteroatoms. The predicted octanol–water partition coefficient (Wildman–Crippen LogP) is 1.14. The number of carbonyl (C=O) groups excluding carboxylic acids is 4. The van der Waals surface area contributed by atoms with Crippen molar-refractivity contribution in [3.05, 3.63) is 0 Å². The van der Waals surface area contributed by atoms with E-state index in [1.165, 1.54) is 6.42 Å². The summed E-state index contributed by atoms with van der Waals surface area (Å²) in [5, 5.41) is 4.95. The highest BCUT2D eigenvalue weighted by Gasteiger charge is 2.53. The van der Waals surface area contributed by atoms with Gasteiger partial charge in [0, 0.05) is 18.2 Å². The van der Waals surface area contributed by atoms with E-state index in [-0.39, 0.29) is 16.8 Å². The number of ether oxygens (including phenoxy) is 1. The molecule has 1 aliphatic carbocycles. The van der Waals surface area contributed by atoms with E-state index in [2.05, 4.69) is 10.6 Å². The fourth-order valence-electron chi connectivity index (χ4n) is 3.86. The van der Waals surface area contributed by atoms with Gasteiger partial charge in [-0.25, -0.2) is 9.59 Å². The van der Waals surface area contributed by atoms with Crippen molar-refractivity contribution in [1.29, 1.82) is 0 Å². The van der Waals surface area contributed by atoms with Crippen LogP contribution >= 0.6 is 11.8 Å². The van der Waals surface area contributed by atoms with Crippen LogP contribution in [0.25, 0.3) is 0 Å². The Morgan fingerprint density at radius 1 is 1.27 bits per heavy atom. The molecule has 3 fully saturated rings. The number of carbonyl (C=O) groups is 4. The summed E-state index contributed by atoms with van der Waals surface area (Å²) in [7, 11) is 0. The van der Waals surface area contributed by atoms with Crippen LogP contribution in [0.5, 0.6) is 0 Å². The number of fused-ring (bicyclic) bond motifs is 1. The summed E-state index contributed by atoms with van der Waals surface area (Å²) in [4.78, 5) is 49.2. The first-order valence-electron chi connectivity index (χ1n) is 9.12. The third kappa shape index (κ3) is 4.13. The van der Waals surface area contributed by atoms with E-state index in [4.69, 9.17) is 4.74 Å². The minimum absolute atomic E-state index is 0.0595. The van der Waals surface area contributed by atoms with Gasteiger partial charge in [-0.05, 0) is 26.2 Å². The zero-order valence-electron chi connectivity index (χ0n) is 14.9. The highest BCUT2D eigenvalue weighted by atomic mass is 32.2. The summed E-state index contributed by atoms with van der Waals surface area (Å²) in [5.74, 6) is -0.867. The second-order valence-corrected chi connectivity index (χ2v) is 8.73. The number of esters is 1. The van der Waals surface area contributed by atoms with E-state index in [1.54, 1.807) is 16.7 Å². The van der Waals surface area contributed by atoms with Crippen molar-refractivity contribution in [2.24, 2.45) is 0 Å². The Labute approximate surface area is 156 Å². The fourth-order valence-corrected chi connectivity index (χ4v) is 5.28. The Hall–Kier alpha value is -1.77. The maximum atomic E-state index is 12.3. The minimum atomic E-state index is -0.673. The average Bonchev–Trinajstić information content (AvgIpc) is 3.10. The summed E-state index contributed by atoms with van der Waals surface area (Å²) < 4.78 is 5.04. The molecule has 8 nitrogen and oxygen atoms in total. The van der Waals surface area contributed by atoms with Gasteiger partial charge in [-0.3, -0.25) is 14.9 Å². The number of imide groups is 1. The van der Waals surface area contributed by atoms with Crippen molar-refractivity contribution < 1.29 is 23.9 Å². The average molecular weight is 383 g/mol. The molecular weight excluding hydrogens is 358 g/mol. The highest BCUT2D eigenvalue weighted by molar-refractivity contribution is 8.01. The van der Waals surface area contributed by atoms with Crippen molar-refractivity contribution in [3.63, 3.8) is 0 Å². The number of thioether (sulfide) groups is 1. The normalized spacial score (nSPS) is 28.6. The van der Waals surface area contributed by atoms with E-state index >= 15 is 0 Å². The summed E-state index contributed by atoms with van der Waals surface area (Å²) in [6.45, 7) is 1.41. The van der Waals surface area contributed by atoms with Gasteiger partial charge in [0.15, 0.2) is 6.61 Å². The van der Waals surface area contributed by atoms with Crippen molar-refractivity contribution >= 4 is 35.6 Å². The van der Waals surface area contributed by atoms with Crippen LogP contribution in [0.4, 0.5) is 4.79 Å². The molecule has 2 N–H and O–H groups in total. The van der Waals surface area contributed by atoms with Crippen LogP contribution in [0.1, 0.15) is 51.9 Å². The van der Waals surface area contributed by atoms with Gasteiger partial charge in [0.25, 0.3) is 5.91 Å². The zero-order valence-corrected chi connectivity index (χ0v) is 15.7. The van der Waals surface area contributed by atoms with Gasteiger partial charge in [-0.15, -0.1) is 11.8 Å². The third-order valence-corrected chi connectivity index (χ3v) is 6.76.